The van der Waals surface area contributed by atoms with Crippen molar-refractivity contribution in [3.05, 3.63) is 72.8 Å². The van der Waals surface area contributed by atoms with Crippen LogP contribution in [-0.2, 0) is 0 Å². The highest BCUT2D eigenvalue weighted by molar-refractivity contribution is 5.49. The van der Waals surface area contributed by atoms with Gasteiger partial charge < -0.3 is 10.2 Å². The van der Waals surface area contributed by atoms with Gasteiger partial charge in [-0.05, 0) is 35.4 Å². The zero-order valence-electron chi connectivity index (χ0n) is 10.1. The van der Waals surface area contributed by atoms with Gasteiger partial charge in [0.05, 0.1) is 0 Å². The van der Waals surface area contributed by atoms with Crippen LogP contribution < -0.4 is 0 Å². The summed E-state index contributed by atoms with van der Waals surface area (Å²) in [6.45, 7) is 7.12. The summed E-state index contributed by atoms with van der Waals surface area (Å²) in [5, 5.41) is 17.8. The molecule has 2 aromatic carbocycles. The second kappa shape index (κ2) is 6.97. The molecule has 0 fully saturated rings. The lowest BCUT2D eigenvalue weighted by atomic mass is 10.2. The average Bonchev–Trinajstić information content (AvgIpc) is 2.39. The highest BCUT2D eigenvalue weighted by atomic mass is 16.3. The summed E-state index contributed by atoms with van der Waals surface area (Å²) in [6, 6.07) is 13.9. The van der Waals surface area contributed by atoms with Gasteiger partial charge in [-0.2, -0.15) is 0 Å². The Balaban J connectivity index is 0.000000180. The monoisotopic (exact) mass is 240 g/mol. The molecule has 2 aromatic rings. The van der Waals surface area contributed by atoms with Crippen molar-refractivity contribution < 1.29 is 10.2 Å². The van der Waals surface area contributed by atoms with Gasteiger partial charge in [-0.15, -0.1) is 0 Å². The zero-order chi connectivity index (χ0) is 13.4. The van der Waals surface area contributed by atoms with E-state index >= 15 is 0 Å². The third-order valence-corrected chi connectivity index (χ3v) is 2.21. The lowest BCUT2D eigenvalue weighted by Crippen LogP contribution is -1.67. The molecular formula is C16H16O2. The van der Waals surface area contributed by atoms with Crippen LogP contribution in [0.2, 0.25) is 0 Å². The molecule has 0 aliphatic rings. The first-order valence-electron chi connectivity index (χ1n) is 5.48. The normalized spacial score (nSPS) is 8.89. The van der Waals surface area contributed by atoms with Crippen LogP contribution in [0.4, 0.5) is 0 Å². The van der Waals surface area contributed by atoms with Gasteiger partial charge in [-0.1, -0.05) is 49.6 Å². The van der Waals surface area contributed by atoms with Crippen molar-refractivity contribution in [2.24, 2.45) is 0 Å². The van der Waals surface area contributed by atoms with E-state index in [0.717, 1.165) is 11.1 Å². The lowest BCUT2D eigenvalue weighted by Gasteiger charge is -1.91. The summed E-state index contributed by atoms with van der Waals surface area (Å²) >= 11 is 0. The number of rotatable bonds is 2. The summed E-state index contributed by atoms with van der Waals surface area (Å²) in [4.78, 5) is 0. The van der Waals surface area contributed by atoms with Crippen molar-refractivity contribution in [3.63, 3.8) is 0 Å². The van der Waals surface area contributed by atoms with Crippen LogP contribution in [0.5, 0.6) is 11.5 Å². The number of hydrogen-bond acceptors (Lipinski definition) is 2. The molecule has 0 radical (unpaired) electrons. The zero-order valence-corrected chi connectivity index (χ0v) is 10.1. The molecule has 0 spiro atoms. The van der Waals surface area contributed by atoms with Crippen LogP contribution in [0.15, 0.2) is 61.7 Å². The minimum atomic E-state index is 0.285. The third-order valence-electron chi connectivity index (χ3n) is 2.21. The second-order valence-electron chi connectivity index (χ2n) is 3.60. The minimum absolute atomic E-state index is 0.285. The molecule has 0 heterocycles. The summed E-state index contributed by atoms with van der Waals surface area (Å²) in [7, 11) is 0. The number of benzene rings is 2. The van der Waals surface area contributed by atoms with E-state index in [2.05, 4.69) is 13.2 Å². The molecule has 0 aliphatic heterocycles. The van der Waals surface area contributed by atoms with Crippen LogP contribution in [-0.4, -0.2) is 10.2 Å². The highest BCUT2D eigenvalue weighted by Gasteiger charge is 1.86. The molecule has 0 unspecified atom stereocenters. The van der Waals surface area contributed by atoms with E-state index in [1.54, 1.807) is 48.6 Å². The predicted octanol–water partition coefficient (Wildman–Crippen LogP) is 4.07. The maximum Gasteiger partial charge on any atom is 0.116 e. The van der Waals surface area contributed by atoms with Crippen LogP contribution in [0.3, 0.4) is 0 Å². The lowest BCUT2D eigenvalue weighted by molar-refractivity contribution is 0.474. The topological polar surface area (TPSA) is 40.5 Å². The molecule has 0 aromatic heterocycles. The first kappa shape index (κ1) is 13.6. The van der Waals surface area contributed by atoms with Crippen LogP contribution >= 0.6 is 0 Å². The predicted molar refractivity (Wildman–Crippen MR) is 76.4 cm³/mol. The van der Waals surface area contributed by atoms with Crippen molar-refractivity contribution >= 4 is 12.2 Å². The smallest absolute Gasteiger partial charge is 0.116 e. The van der Waals surface area contributed by atoms with Crippen molar-refractivity contribution in [1.82, 2.24) is 0 Å². The van der Waals surface area contributed by atoms with E-state index in [0.29, 0.717) is 0 Å². The highest BCUT2D eigenvalue weighted by Crippen LogP contribution is 2.11. The fourth-order valence-corrected chi connectivity index (χ4v) is 1.30. The first-order chi connectivity index (χ1) is 8.65. The van der Waals surface area contributed by atoms with Crippen molar-refractivity contribution in [1.29, 1.82) is 0 Å². The Morgan fingerprint density at radius 3 is 1.33 bits per heavy atom. The van der Waals surface area contributed by atoms with E-state index < -0.39 is 0 Å². The fourth-order valence-electron chi connectivity index (χ4n) is 1.30. The number of aromatic hydroxyl groups is 2. The van der Waals surface area contributed by atoms with Gasteiger partial charge in [0.15, 0.2) is 0 Å². The molecule has 0 saturated heterocycles. The molecule has 0 aliphatic carbocycles. The molecule has 18 heavy (non-hydrogen) atoms. The Hall–Kier alpha value is -2.48. The summed E-state index contributed by atoms with van der Waals surface area (Å²) in [5.74, 6) is 0.569. The molecule has 0 atom stereocenters. The van der Waals surface area contributed by atoms with Crippen molar-refractivity contribution in [3.8, 4) is 11.5 Å². The Kier molecular flexibility index (Phi) is 5.26. The van der Waals surface area contributed by atoms with Crippen LogP contribution in [0.1, 0.15) is 11.1 Å². The maximum absolute atomic E-state index is 8.90. The molecule has 0 saturated carbocycles. The molecule has 2 heteroatoms. The largest absolute Gasteiger partial charge is 0.508 e. The van der Waals surface area contributed by atoms with E-state index in [1.165, 1.54) is 0 Å². The third kappa shape index (κ3) is 4.58. The maximum atomic E-state index is 8.90. The van der Waals surface area contributed by atoms with Crippen molar-refractivity contribution in [2.45, 2.75) is 0 Å². The molecule has 92 valence electrons. The number of phenolic OH excluding ortho intramolecular Hbond substituents is 2. The standard InChI is InChI=1S/2C8H8O/c2*1-2-7-4-3-5-8(9)6-7/h2*2-6,9H,1H2. The van der Waals surface area contributed by atoms with Gasteiger partial charge in [-0.25, -0.2) is 0 Å². The van der Waals surface area contributed by atoms with Gasteiger partial charge in [0.25, 0.3) is 0 Å². The number of phenols is 2. The van der Waals surface area contributed by atoms with Crippen LogP contribution in [0, 0.1) is 0 Å². The summed E-state index contributed by atoms with van der Waals surface area (Å²) < 4.78 is 0. The number of hydrogen-bond donors (Lipinski definition) is 2. The Morgan fingerprint density at radius 2 is 1.11 bits per heavy atom. The quantitative estimate of drug-likeness (QED) is 0.830. The molecule has 2 nitrogen and oxygen atoms in total. The van der Waals surface area contributed by atoms with E-state index in [4.69, 9.17) is 10.2 Å². The van der Waals surface area contributed by atoms with Crippen molar-refractivity contribution in [2.75, 3.05) is 0 Å². The van der Waals surface area contributed by atoms with Gasteiger partial charge in [-0.3, -0.25) is 0 Å². The van der Waals surface area contributed by atoms with E-state index in [1.807, 2.05) is 12.1 Å². The molecule has 2 N–H and O–H groups in total. The van der Waals surface area contributed by atoms with Gasteiger partial charge in [0, 0.05) is 0 Å². The van der Waals surface area contributed by atoms with E-state index in [9.17, 15) is 0 Å². The molecule has 0 amide bonds. The molecular weight excluding hydrogens is 224 g/mol. The SMILES string of the molecule is C=Cc1cccc(O)c1.C=Cc1cccc(O)c1. The fraction of sp³-hybridized carbons (Fsp3) is 0. The minimum Gasteiger partial charge on any atom is -0.508 e. The Morgan fingerprint density at radius 1 is 0.722 bits per heavy atom. The molecule has 0 bridgehead atoms. The van der Waals surface area contributed by atoms with E-state index in [-0.39, 0.29) is 11.5 Å². The first-order valence-corrected chi connectivity index (χ1v) is 5.48. The Labute approximate surface area is 107 Å². The Bertz CT molecular complexity index is 481. The van der Waals surface area contributed by atoms with Gasteiger partial charge >= 0.3 is 0 Å². The van der Waals surface area contributed by atoms with Gasteiger partial charge in [0.1, 0.15) is 11.5 Å². The van der Waals surface area contributed by atoms with Gasteiger partial charge in [0.2, 0.25) is 0 Å². The average molecular weight is 240 g/mol. The van der Waals surface area contributed by atoms with Crippen LogP contribution in [0.25, 0.3) is 12.2 Å². The molecule has 2 rings (SSSR count). The summed E-state index contributed by atoms with van der Waals surface area (Å²) in [5.41, 5.74) is 1.88. The second-order valence-corrected chi connectivity index (χ2v) is 3.60. The summed E-state index contributed by atoms with van der Waals surface area (Å²) in [6.07, 6.45) is 3.39.